The molecule has 0 saturated heterocycles. The number of hydrogen-bond acceptors (Lipinski definition) is 2. The monoisotopic (exact) mass is 300 g/mol. The lowest BCUT2D eigenvalue weighted by molar-refractivity contribution is -0.120. The average Bonchev–Trinajstić information content (AvgIpc) is 2.92. The molecule has 0 unspecified atom stereocenters. The molecule has 21 heavy (non-hydrogen) atoms. The smallest absolute Gasteiger partial charge is 0.224 e. The fourth-order valence-corrected chi connectivity index (χ4v) is 2.77. The zero-order valence-corrected chi connectivity index (χ0v) is 12.4. The largest absolute Gasteiger partial charge is 0.352 e. The van der Waals surface area contributed by atoms with Crippen molar-refractivity contribution in [2.45, 2.75) is 26.1 Å². The molecule has 0 aromatic heterocycles. The summed E-state index contributed by atoms with van der Waals surface area (Å²) in [6.07, 6.45) is 0.354. The maximum atomic E-state index is 12.0. The van der Waals surface area contributed by atoms with Crippen LogP contribution in [0.3, 0.4) is 0 Å². The van der Waals surface area contributed by atoms with Crippen LogP contribution in [-0.4, -0.2) is 5.91 Å². The Morgan fingerprint density at radius 3 is 2.81 bits per heavy atom. The molecule has 0 spiro atoms. The molecular weight excluding hydrogens is 284 g/mol. The van der Waals surface area contributed by atoms with Gasteiger partial charge in [-0.05, 0) is 34.4 Å². The predicted molar refractivity (Wildman–Crippen MR) is 84.0 cm³/mol. The average molecular weight is 301 g/mol. The normalized spacial score (nSPS) is 13.0. The SMILES string of the molecule is O=C(Cc1cccc(Cl)c1)NCc1ccc2c(c1)CNC2. The van der Waals surface area contributed by atoms with Crippen LogP contribution in [0, 0.1) is 0 Å². The van der Waals surface area contributed by atoms with Crippen LogP contribution in [0.25, 0.3) is 0 Å². The van der Waals surface area contributed by atoms with E-state index in [1.807, 2.05) is 24.3 Å². The third-order valence-corrected chi connectivity index (χ3v) is 3.88. The lowest BCUT2D eigenvalue weighted by Crippen LogP contribution is -2.24. The first-order chi connectivity index (χ1) is 10.2. The van der Waals surface area contributed by atoms with Crippen molar-refractivity contribution in [3.05, 3.63) is 69.7 Å². The first-order valence-electron chi connectivity index (χ1n) is 7.03. The fourth-order valence-electron chi connectivity index (χ4n) is 2.55. The van der Waals surface area contributed by atoms with Crippen molar-refractivity contribution in [3.63, 3.8) is 0 Å². The maximum absolute atomic E-state index is 12.0. The Labute approximate surface area is 129 Å². The third-order valence-electron chi connectivity index (χ3n) is 3.64. The second-order valence-corrected chi connectivity index (χ2v) is 5.73. The molecular formula is C17H17ClN2O. The van der Waals surface area contributed by atoms with Crippen molar-refractivity contribution in [1.82, 2.24) is 10.6 Å². The van der Waals surface area contributed by atoms with E-state index in [2.05, 4.69) is 28.8 Å². The van der Waals surface area contributed by atoms with E-state index in [0.717, 1.165) is 24.2 Å². The van der Waals surface area contributed by atoms with Gasteiger partial charge in [-0.3, -0.25) is 4.79 Å². The van der Waals surface area contributed by atoms with Crippen molar-refractivity contribution in [2.24, 2.45) is 0 Å². The summed E-state index contributed by atoms with van der Waals surface area (Å²) >= 11 is 5.92. The number of halogens is 1. The minimum Gasteiger partial charge on any atom is -0.352 e. The topological polar surface area (TPSA) is 41.1 Å². The maximum Gasteiger partial charge on any atom is 0.224 e. The zero-order chi connectivity index (χ0) is 14.7. The van der Waals surface area contributed by atoms with E-state index in [0.29, 0.717) is 18.0 Å². The molecule has 0 saturated carbocycles. The molecule has 2 aromatic rings. The summed E-state index contributed by atoms with van der Waals surface area (Å²) in [5.74, 6) is 0.0101. The van der Waals surface area contributed by atoms with Crippen LogP contribution in [0.2, 0.25) is 5.02 Å². The Balaban J connectivity index is 1.56. The van der Waals surface area contributed by atoms with E-state index in [1.165, 1.54) is 11.1 Å². The van der Waals surface area contributed by atoms with Gasteiger partial charge in [0.05, 0.1) is 6.42 Å². The highest BCUT2D eigenvalue weighted by Gasteiger charge is 2.10. The van der Waals surface area contributed by atoms with E-state index in [-0.39, 0.29) is 5.91 Å². The molecule has 3 nitrogen and oxygen atoms in total. The quantitative estimate of drug-likeness (QED) is 0.911. The van der Waals surface area contributed by atoms with E-state index < -0.39 is 0 Å². The van der Waals surface area contributed by atoms with Gasteiger partial charge >= 0.3 is 0 Å². The van der Waals surface area contributed by atoms with Crippen LogP contribution in [0.15, 0.2) is 42.5 Å². The molecule has 0 radical (unpaired) electrons. The minimum atomic E-state index is 0.0101. The molecule has 3 rings (SSSR count). The molecule has 4 heteroatoms. The van der Waals surface area contributed by atoms with Crippen molar-refractivity contribution < 1.29 is 4.79 Å². The van der Waals surface area contributed by atoms with Crippen LogP contribution in [0.1, 0.15) is 22.3 Å². The molecule has 1 amide bonds. The Kier molecular flexibility index (Phi) is 4.23. The van der Waals surface area contributed by atoms with Crippen molar-refractivity contribution in [3.8, 4) is 0 Å². The Bertz CT molecular complexity index is 670. The molecule has 0 bridgehead atoms. The zero-order valence-electron chi connectivity index (χ0n) is 11.7. The highest BCUT2D eigenvalue weighted by atomic mass is 35.5. The Morgan fingerprint density at radius 1 is 1.10 bits per heavy atom. The van der Waals surface area contributed by atoms with Gasteiger partial charge in [-0.25, -0.2) is 0 Å². The Hall–Kier alpha value is -1.84. The van der Waals surface area contributed by atoms with Gasteiger partial charge in [-0.15, -0.1) is 0 Å². The molecule has 1 aliphatic rings. The predicted octanol–water partition coefficient (Wildman–Crippen LogP) is 2.80. The first-order valence-corrected chi connectivity index (χ1v) is 7.41. The molecule has 2 aromatic carbocycles. The van der Waals surface area contributed by atoms with E-state index in [9.17, 15) is 4.79 Å². The van der Waals surface area contributed by atoms with Crippen LogP contribution in [0.4, 0.5) is 0 Å². The van der Waals surface area contributed by atoms with Crippen molar-refractivity contribution in [1.29, 1.82) is 0 Å². The minimum absolute atomic E-state index is 0.0101. The molecule has 2 N–H and O–H groups in total. The Morgan fingerprint density at radius 2 is 1.95 bits per heavy atom. The first kappa shape index (κ1) is 14.1. The van der Waals surface area contributed by atoms with E-state index >= 15 is 0 Å². The fraction of sp³-hybridized carbons (Fsp3) is 0.235. The van der Waals surface area contributed by atoms with Gasteiger partial charge in [0.2, 0.25) is 5.91 Å². The second-order valence-electron chi connectivity index (χ2n) is 5.29. The number of hydrogen-bond donors (Lipinski definition) is 2. The standard InChI is InChI=1S/C17H17ClN2O/c18-16-3-1-2-12(7-16)8-17(21)20-9-13-4-5-14-10-19-11-15(14)6-13/h1-7,19H,8-11H2,(H,20,21). The lowest BCUT2D eigenvalue weighted by Gasteiger charge is -2.07. The van der Waals surface area contributed by atoms with Crippen LogP contribution >= 0.6 is 11.6 Å². The number of carbonyl (C=O) groups is 1. The summed E-state index contributed by atoms with van der Waals surface area (Å²) in [6.45, 7) is 2.42. The van der Waals surface area contributed by atoms with Crippen LogP contribution in [0.5, 0.6) is 0 Å². The number of rotatable bonds is 4. The summed E-state index contributed by atoms with van der Waals surface area (Å²) in [5.41, 5.74) is 4.75. The highest BCUT2D eigenvalue weighted by Crippen LogP contribution is 2.17. The summed E-state index contributed by atoms with van der Waals surface area (Å²) in [4.78, 5) is 12.0. The number of benzene rings is 2. The van der Waals surface area contributed by atoms with Gasteiger partial charge in [0.25, 0.3) is 0 Å². The number of amides is 1. The summed E-state index contributed by atoms with van der Waals surface area (Å²) < 4.78 is 0. The highest BCUT2D eigenvalue weighted by molar-refractivity contribution is 6.30. The summed E-state index contributed by atoms with van der Waals surface area (Å²) in [5, 5.41) is 6.93. The number of carbonyl (C=O) groups excluding carboxylic acids is 1. The number of fused-ring (bicyclic) bond motifs is 1. The van der Waals surface area contributed by atoms with Crippen LogP contribution in [-0.2, 0) is 30.8 Å². The van der Waals surface area contributed by atoms with Crippen molar-refractivity contribution >= 4 is 17.5 Å². The molecule has 108 valence electrons. The third kappa shape index (κ3) is 3.63. The van der Waals surface area contributed by atoms with Gasteiger partial charge < -0.3 is 10.6 Å². The lowest BCUT2D eigenvalue weighted by atomic mass is 10.1. The summed E-state index contributed by atoms with van der Waals surface area (Å²) in [7, 11) is 0. The second kappa shape index (κ2) is 6.29. The summed E-state index contributed by atoms with van der Waals surface area (Å²) in [6, 6.07) is 13.8. The molecule has 0 fully saturated rings. The molecule has 1 aliphatic heterocycles. The molecule has 0 aliphatic carbocycles. The van der Waals surface area contributed by atoms with Gasteiger partial charge in [0.15, 0.2) is 0 Å². The van der Waals surface area contributed by atoms with Gasteiger partial charge in [0, 0.05) is 24.7 Å². The van der Waals surface area contributed by atoms with Gasteiger partial charge in [-0.2, -0.15) is 0 Å². The van der Waals surface area contributed by atoms with Gasteiger partial charge in [0.1, 0.15) is 0 Å². The van der Waals surface area contributed by atoms with Crippen molar-refractivity contribution in [2.75, 3.05) is 0 Å². The van der Waals surface area contributed by atoms with E-state index in [4.69, 9.17) is 11.6 Å². The number of nitrogens with one attached hydrogen (secondary N) is 2. The molecule has 1 heterocycles. The van der Waals surface area contributed by atoms with Crippen LogP contribution < -0.4 is 10.6 Å². The van der Waals surface area contributed by atoms with E-state index in [1.54, 1.807) is 0 Å². The molecule has 0 atom stereocenters. The van der Waals surface area contributed by atoms with Gasteiger partial charge in [-0.1, -0.05) is 41.9 Å².